The van der Waals surface area contributed by atoms with Crippen LogP contribution >= 0.6 is 34.8 Å². The number of aromatic amines is 1. The van der Waals surface area contributed by atoms with Crippen molar-refractivity contribution >= 4 is 63.5 Å². The number of aromatic nitrogens is 2. The Balaban J connectivity index is 0.000000170. The van der Waals surface area contributed by atoms with E-state index in [1.807, 2.05) is 54.6 Å². The van der Waals surface area contributed by atoms with E-state index in [-0.39, 0.29) is 47.6 Å². The zero-order chi connectivity index (χ0) is 53.6. The van der Waals surface area contributed by atoms with E-state index >= 15 is 0 Å². The summed E-state index contributed by atoms with van der Waals surface area (Å²) in [6.07, 6.45) is 8.59. The van der Waals surface area contributed by atoms with Gasteiger partial charge in [-0.15, -0.1) is 0 Å². The third kappa shape index (κ3) is 16.9. The summed E-state index contributed by atoms with van der Waals surface area (Å²) in [6, 6.07) is 35.8. The van der Waals surface area contributed by atoms with Crippen LogP contribution in [0.5, 0.6) is 0 Å². The summed E-state index contributed by atoms with van der Waals surface area (Å²) < 4.78 is 0. The van der Waals surface area contributed by atoms with Gasteiger partial charge < -0.3 is 42.2 Å². The molecule has 1 unspecified atom stereocenters. The SMILES string of the molecule is NC(=O)C(Cc1cc2ccccc2[nH]1)[C@H]1CCC[C@@](O)(C#Cc2cccc(Cl)c2)C1.N[C@H]1CCC[C@@](O)(C#Cc2cccc(Cl)c2)C1.O=C(O)c1cccc(C(=O)N[C@H]2CCC[C@@](O)(C#Cc3cccc(Cl)c3)C2)n1. The number of carbonyl (C=O) groups is 3. The molecule has 0 bridgehead atoms. The fourth-order valence-corrected chi connectivity index (χ4v) is 10.4. The predicted molar refractivity (Wildman–Crippen MR) is 294 cm³/mol. The monoisotopic (exact) mass is 1070 g/mol. The molecule has 0 radical (unpaired) electrons. The second kappa shape index (κ2) is 25.7. The number of carboxylic acids is 1. The number of benzene rings is 4. The van der Waals surface area contributed by atoms with Gasteiger partial charge in [0.15, 0.2) is 0 Å². The number of pyridine rings is 1. The molecule has 9 rings (SSSR count). The molecule has 12 nitrogen and oxygen atoms in total. The first-order chi connectivity index (χ1) is 35.8. The Morgan fingerprint density at radius 2 is 1.16 bits per heavy atom. The minimum atomic E-state index is -1.21. The molecule has 7 atom stereocenters. The van der Waals surface area contributed by atoms with Gasteiger partial charge in [0.1, 0.15) is 28.2 Å². The van der Waals surface area contributed by atoms with Crippen LogP contribution in [-0.2, 0) is 11.2 Å². The van der Waals surface area contributed by atoms with Crippen molar-refractivity contribution in [2.75, 3.05) is 0 Å². The molecular formula is C60H60Cl3N5O7. The van der Waals surface area contributed by atoms with Gasteiger partial charge in [-0.1, -0.05) is 113 Å². The smallest absolute Gasteiger partial charge is 0.354 e. The van der Waals surface area contributed by atoms with E-state index < -0.39 is 28.7 Å². The van der Waals surface area contributed by atoms with Crippen LogP contribution in [0.25, 0.3) is 10.9 Å². The highest BCUT2D eigenvalue weighted by molar-refractivity contribution is 6.31. The molecule has 0 spiro atoms. The molecule has 2 heterocycles. The number of aromatic carboxylic acids is 1. The summed E-state index contributed by atoms with van der Waals surface area (Å²) in [5.41, 5.74) is 12.5. The number of amides is 2. The highest BCUT2D eigenvalue weighted by atomic mass is 35.5. The van der Waals surface area contributed by atoms with E-state index in [0.29, 0.717) is 72.0 Å². The summed E-state index contributed by atoms with van der Waals surface area (Å²) in [5.74, 6) is 15.5. The van der Waals surface area contributed by atoms with Crippen molar-refractivity contribution in [3.8, 4) is 35.5 Å². The van der Waals surface area contributed by atoms with Crippen molar-refractivity contribution in [2.24, 2.45) is 23.3 Å². The minimum absolute atomic E-state index is 0.0127. The number of nitrogens with two attached hydrogens (primary N) is 2. The van der Waals surface area contributed by atoms with Gasteiger partial charge in [-0.05, 0) is 161 Å². The molecule has 3 aliphatic rings. The summed E-state index contributed by atoms with van der Waals surface area (Å²) in [4.78, 5) is 43.0. The van der Waals surface area contributed by atoms with Crippen LogP contribution in [0.3, 0.4) is 0 Å². The molecule has 2 amide bonds. The molecule has 0 saturated heterocycles. The first-order valence-electron chi connectivity index (χ1n) is 25.0. The highest BCUT2D eigenvalue weighted by Gasteiger charge is 2.39. The first kappa shape index (κ1) is 56.1. The van der Waals surface area contributed by atoms with Gasteiger partial charge in [-0.25, -0.2) is 9.78 Å². The number of fused-ring (bicyclic) bond motifs is 1. The summed E-state index contributed by atoms with van der Waals surface area (Å²) in [6.45, 7) is 0. The van der Waals surface area contributed by atoms with Gasteiger partial charge in [-0.2, -0.15) is 0 Å². The molecule has 388 valence electrons. The van der Waals surface area contributed by atoms with Gasteiger partial charge in [0.05, 0.1) is 0 Å². The number of aliphatic hydroxyl groups is 3. The lowest BCUT2D eigenvalue weighted by Gasteiger charge is -2.36. The van der Waals surface area contributed by atoms with Crippen LogP contribution in [-0.4, -0.2) is 77.1 Å². The molecule has 6 aromatic rings. The molecule has 0 aliphatic heterocycles. The lowest BCUT2D eigenvalue weighted by Crippen LogP contribution is -2.45. The number of nitrogens with one attached hydrogen (secondary N) is 2. The number of hydrogen-bond acceptors (Lipinski definition) is 8. The Labute approximate surface area is 452 Å². The molecule has 15 heteroatoms. The van der Waals surface area contributed by atoms with Crippen molar-refractivity contribution in [3.63, 3.8) is 0 Å². The van der Waals surface area contributed by atoms with Crippen LogP contribution in [0.15, 0.2) is 121 Å². The third-order valence-electron chi connectivity index (χ3n) is 13.5. The molecule has 3 aliphatic carbocycles. The molecule has 3 saturated carbocycles. The normalized spacial score (nSPS) is 23.3. The molecule has 10 N–H and O–H groups in total. The first-order valence-corrected chi connectivity index (χ1v) is 26.1. The van der Waals surface area contributed by atoms with Gasteiger partial charge in [0.25, 0.3) is 5.91 Å². The minimum Gasteiger partial charge on any atom is -0.477 e. The Bertz CT molecular complexity index is 3170. The van der Waals surface area contributed by atoms with E-state index in [0.717, 1.165) is 53.4 Å². The number of carboxylic acid groups (broad SMARTS) is 1. The van der Waals surface area contributed by atoms with Gasteiger partial charge >= 0.3 is 5.97 Å². The lowest BCUT2D eigenvalue weighted by atomic mass is 9.71. The van der Waals surface area contributed by atoms with E-state index in [1.165, 1.54) is 18.2 Å². The van der Waals surface area contributed by atoms with Gasteiger partial charge in [0.2, 0.25) is 5.91 Å². The number of para-hydroxylation sites is 1. The van der Waals surface area contributed by atoms with Crippen molar-refractivity contribution in [1.29, 1.82) is 0 Å². The number of halogens is 3. The Hall–Kier alpha value is -6.63. The molecule has 2 aromatic heterocycles. The summed E-state index contributed by atoms with van der Waals surface area (Å²) >= 11 is 17.8. The maximum Gasteiger partial charge on any atom is 0.354 e. The second-order valence-corrected chi connectivity index (χ2v) is 21.0. The largest absolute Gasteiger partial charge is 0.477 e. The van der Waals surface area contributed by atoms with E-state index in [1.54, 1.807) is 42.5 Å². The number of nitrogens with zero attached hydrogens (tertiary/aromatic N) is 1. The van der Waals surface area contributed by atoms with E-state index in [4.69, 9.17) is 51.4 Å². The number of primary amides is 1. The van der Waals surface area contributed by atoms with Crippen molar-refractivity contribution in [3.05, 3.63) is 170 Å². The number of rotatable bonds is 7. The Morgan fingerprint density at radius 1 is 0.653 bits per heavy atom. The van der Waals surface area contributed by atoms with E-state index in [9.17, 15) is 29.7 Å². The molecular weight excluding hydrogens is 1010 g/mol. The fourth-order valence-electron chi connectivity index (χ4n) is 9.83. The van der Waals surface area contributed by atoms with Crippen LogP contribution < -0.4 is 16.8 Å². The third-order valence-corrected chi connectivity index (χ3v) is 14.3. The second-order valence-electron chi connectivity index (χ2n) is 19.7. The average molecular weight is 1070 g/mol. The van der Waals surface area contributed by atoms with Crippen LogP contribution in [0.4, 0.5) is 0 Å². The summed E-state index contributed by atoms with van der Waals surface area (Å²) in [5, 5.41) is 47.0. The van der Waals surface area contributed by atoms with E-state index in [2.05, 4.69) is 56.9 Å². The molecule has 75 heavy (non-hydrogen) atoms. The maximum absolute atomic E-state index is 12.4. The average Bonchev–Trinajstić information content (AvgIpc) is 3.80. The van der Waals surface area contributed by atoms with Crippen molar-refractivity contribution < 1.29 is 34.8 Å². The zero-order valence-electron chi connectivity index (χ0n) is 41.3. The predicted octanol–water partition coefficient (Wildman–Crippen LogP) is 9.65. The van der Waals surface area contributed by atoms with Gasteiger partial charge in [-0.3, -0.25) is 9.59 Å². The maximum atomic E-state index is 12.4. The van der Waals surface area contributed by atoms with Crippen LogP contribution in [0, 0.1) is 47.4 Å². The van der Waals surface area contributed by atoms with Crippen LogP contribution in [0.2, 0.25) is 15.1 Å². The molecule has 4 aromatic carbocycles. The Morgan fingerprint density at radius 3 is 1.69 bits per heavy atom. The topological polar surface area (TPSA) is 225 Å². The number of H-pyrrole nitrogens is 1. The van der Waals surface area contributed by atoms with Crippen molar-refractivity contribution in [1.82, 2.24) is 15.3 Å². The fraction of sp³-hybridized carbons (Fsp3) is 0.333. The van der Waals surface area contributed by atoms with Crippen LogP contribution in [0.1, 0.15) is 120 Å². The number of carbonyl (C=O) groups excluding carboxylic acids is 2. The molecule has 3 fully saturated rings. The Kier molecular flexibility index (Phi) is 19.3. The van der Waals surface area contributed by atoms with Crippen molar-refractivity contribution in [2.45, 2.75) is 112 Å². The lowest BCUT2D eigenvalue weighted by molar-refractivity contribution is -0.124. The quantitative estimate of drug-likeness (QED) is 0.0712. The zero-order valence-corrected chi connectivity index (χ0v) is 43.6. The highest BCUT2D eigenvalue weighted by Crippen LogP contribution is 2.38. The number of hydrogen-bond donors (Lipinski definition) is 8. The summed E-state index contributed by atoms with van der Waals surface area (Å²) in [7, 11) is 0. The van der Waals surface area contributed by atoms with Gasteiger partial charge in [0, 0.05) is 73.8 Å². The standard InChI is InChI=1S/C25H25ClN2O2.C21H19ClN2O4.C14H16ClNO/c26-20-8-3-5-17(13-20)10-12-25(30)11-4-7-19(16-25)22(24(27)29)15-21-14-18-6-1-2-9-23(18)28-21;22-15-5-1-4-14(12-15)9-11-21(28)10-3-6-16(13-21)23-19(25)17-7-2-8-18(24-17)20(26)27;15-12-4-1-3-11(9-12)6-8-14(17)7-2-5-13(16)10-14/h1-3,5-6,8-9,13-14,19,22,28,30H,4,7,11,15-16H2,(H2,27,29);1-2,4-5,7-8,12,16,28H,3,6,10,13H2,(H,23,25)(H,26,27);1,3-4,9,13,17H,2,5,7,10,16H2/t19-,22?,25+;16-,21+;13-,14+/m000/s1.